The van der Waals surface area contributed by atoms with Crippen molar-refractivity contribution in [2.75, 3.05) is 37.7 Å². The summed E-state index contributed by atoms with van der Waals surface area (Å²) in [6.45, 7) is 3.43. The number of nitrogens with zero attached hydrogens (tertiary/aromatic N) is 6. The Hall–Kier alpha value is -2.22. The van der Waals surface area contributed by atoms with Gasteiger partial charge in [-0.3, -0.25) is 9.48 Å². The number of morpholine rings is 1. The number of ether oxygens (including phenoxy) is 1. The second-order valence-electron chi connectivity index (χ2n) is 5.99. The molecule has 4 rings (SSSR count). The zero-order valence-corrected chi connectivity index (χ0v) is 13.2. The Morgan fingerprint density at radius 3 is 2.91 bits per heavy atom. The third-order valence-corrected chi connectivity index (χ3v) is 4.64. The molecule has 0 spiro atoms. The molecule has 23 heavy (non-hydrogen) atoms. The van der Waals surface area contributed by atoms with Crippen molar-refractivity contribution in [1.29, 1.82) is 0 Å². The molecule has 2 aliphatic heterocycles. The van der Waals surface area contributed by atoms with E-state index >= 15 is 0 Å². The van der Waals surface area contributed by atoms with Gasteiger partial charge >= 0.3 is 0 Å². The maximum Gasteiger partial charge on any atom is 0.245 e. The van der Waals surface area contributed by atoms with Crippen molar-refractivity contribution in [3.63, 3.8) is 0 Å². The van der Waals surface area contributed by atoms with Crippen molar-refractivity contribution in [3.8, 4) is 0 Å². The molecule has 0 aromatic carbocycles. The SMILES string of the molecule is Cn1ncc2c(N3CCC[C@@H]3C(=O)N3CCOCC3)ncnc21. The molecule has 2 aliphatic rings. The largest absolute Gasteiger partial charge is 0.378 e. The zero-order chi connectivity index (χ0) is 15.8. The first-order valence-corrected chi connectivity index (χ1v) is 8.01. The lowest BCUT2D eigenvalue weighted by atomic mass is 10.1. The van der Waals surface area contributed by atoms with Crippen molar-refractivity contribution < 1.29 is 9.53 Å². The van der Waals surface area contributed by atoms with Crippen LogP contribution in [0.4, 0.5) is 5.82 Å². The number of amides is 1. The van der Waals surface area contributed by atoms with Gasteiger partial charge in [-0.1, -0.05) is 0 Å². The monoisotopic (exact) mass is 316 g/mol. The van der Waals surface area contributed by atoms with E-state index in [1.807, 2.05) is 11.9 Å². The number of anilines is 1. The topological polar surface area (TPSA) is 76.4 Å². The van der Waals surface area contributed by atoms with Gasteiger partial charge < -0.3 is 14.5 Å². The highest BCUT2D eigenvalue weighted by Crippen LogP contribution is 2.30. The molecule has 0 saturated carbocycles. The van der Waals surface area contributed by atoms with Crippen molar-refractivity contribution in [2.45, 2.75) is 18.9 Å². The molecular weight excluding hydrogens is 296 g/mol. The number of fused-ring (bicyclic) bond motifs is 1. The van der Waals surface area contributed by atoms with E-state index in [2.05, 4.69) is 20.0 Å². The highest BCUT2D eigenvalue weighted by atomic mass is 16.5. The number of aromatic nitrogens is 4. The molecule has 0 unspecified atom stereocenters. The number of carbonyl (C=O) groups is 1. The molecule has 2 aromatic rings. The first kappa shape index (κ1) is 14.4. The van der Waals surface area contributed by atoms with Crippen LogP contribution in [0.25, 0.3) is 11.0 Å². The number of hydrogen-bond acceptors (Lipinski definition) is 6. The quantitative estimate of drug-likeness (QED) is 0.787. The second-order valence-corrected chi connectivity index (χ2v) is 5.99. The third-order valence-electron chi connectivity index (χ3n) is 4.64. The van der Waals surface area contributed by atoms with Gasteiger partial charge in [0.15, 0.2) is 5.65 Å². The van der Waals surface area contributed by atoms with Crippen LogP contribution in [0.5, 0.6) is 0 Å². The Balaban J connectivity index is 1.65. The summed E-state index contributed by atoms with van der Waals surface area (Å²) in [4.78, 5) is 25.6. The maximum absolute atomic E-state index is 12.9. The predicted molar refractivity (Wildman–Crippen MR) is 84.1 cm³/mol. The predicted octanol–water partition coefficient (Wildman–Crippen LogP) is 0.191. The van der Waals surface area contributed by atoms with Crippen LogP contribution in [0.15, 0.2) is 12.5 Å². The van der Waals surface area contributed by atoms with Gasteiger partial charge in [0.2, 0.25) is 5.91 Å². The molecule has 1 amide bonds. The molecule has 2 aromatic heterocycles. The van der Waals surface area contributed by atoms with Gasteiger partial charge in [-0.15, -0.1) is 0 Å². The van der Waals surface area contributed by atoms with E-state index in [0.29, 0.717) is 26.3 Å². The number of hydrogen-bond donors (Lipinski definition) is 0. The summed E-state index contributed by atoms with van der Waals surface area (Å²) >= 11 is 0. The molecule has 4 heterocycles. The normalized spacial score (nSPS) is 22.0. The molecule has 0 radical (unpaired) electrons. The Morgan fingerprint density at radius 2 is 2.09 bits per heavy atom. The standard InChI is InChI=1S/C15H20N6O2/c1-19-13-11(9-18-19)14(17-10-16-13)21-4-2-3-12(21)15(22)20-5-7-23-8-6-20/h9-10,12H,2-8H2,1H3/t12-/m1/s1. The van der Waals surface area contributed by atoms with Crippen LogP contribution in [0.3, 0.4) is 0 Å². The van der Waals surface area contributed by atoms with Crippen LogP contribution in [0, 0.1) is 0 Å². The zero-order valence-electron chi connectivity index (χ0n) is 13.2. The molecule has 2 saturated heterocycles. The molecule has 122 valence electrons. The Kier molecular flexibility index (Phi) is 3.60. The highest BCUT2D eigenvalue weighted by Gasteiger charge is 2.36. The Labute approximate surface area is 134 Å². The lowest BCUT2D eigenvalue weighted by Crippen LogP contribution is -2.50. The molecule has 1 atom stereocenters. The van der Waals surface area contributed by atoms with Gasteiger partial charge in [0.25, 0.3) is 0 Å². The summed E-state index contributed by atoms with van der Waals surface area (Å²) in [6, 6.07) is -0.147. The van der Waals surface area contributed by atoms with Gasteiger partial charge in [0.05, 0.1) is 24.8 Å². The van der Waals surface area contributed by atoms with E-state index < -0.39 is 0 Å². The van der Waals surface area contributed by atoms with E-state index in [4.69, 9.17) is 4.74 Å². The summed E-state index contributed by atoms with van der Waals surface area (Å²) in [7, 11) is 1.86. The number of carbonyl (C=O) groups excluding carboxylic acids is 1. The minimum Gasteiger partial charge on any atom is -0.378 e. The smallest absolute Gasteiger partial charge is 0.245 e. The average molecular weight is 316 g/mol. The van der Waals surface area contributed by atoms with E-state index in [0.717, 1.165) is 36.2 Å². The van der Waals surface area contributed by atoms with E-state index in [9.17, 15) is 4.79 Å². The molecule has 0 bridgehead atoms. The number of rotatable bonds is 2. The maximum atomic E-state index is 12.9. The summed E-state index contributed by atoms with van der Waals surface area (Å²) < 4.78 is 7.08. The minimum absolute atomic E-state index is 0.147. The minimum atomic E-state index is -0.147. The van der Waals surface area contributed by atoms with Crippen molar-refractivity contribution in [2.24, 2.45) is 7.05 Å². The van der Waals surface area contributed by atoms with Crippen LogP contribution in [0.2, 0.25) is 0 Å². The highest BCUT2D eigenvalue weighted by molar-refractivity contribution is 5.92. The van der Waals surface area contributed by atoms with Crippen LogP contribution in [-0.2, 0) is 16.6 Å². The van der Waals surface area contributed by atoms with Crippen LogP contribution in [-0.4, -0.2) is 69.4 Å². The fraction of sp³-hybridized carbons (Fsp3) is 0.600. The van der Waals surface area contributed by atoms with Gasteiger partial charge in [-0.05, 0) is 12.8 Å². The molecule has 2 fully saturated rings. The van der Waals surface area contributed by atoms with E-state index in [-0.39, 0.29) is 11.9 Å². The molecular formula is C15H20N6O2. The molecule has 0 N–H and O–H groups in total. The van der Waals surface area contributed by atoms with E-state index in [1.54, 1.807) is 17.2 Å². The number of aryl methyl sites for hydroxylation is 1. The van der Waals surface area contributed by atoms with Gasteiger partial charge in [-0.25, -0.2) is 9.97 Å². The molecule has 8 heteroatoms. The second kappa shape index (κ2) is 5.77. The fourth-order valence-corrected chi connectivity index (χ4v) is 3.45. The Bertz CT molecular complexity index is 724. The van der Waals surface area contributed by atoms with Gasteiger partial charge in [0.1, 0.15) is 18.2 Å². The summed E-state index contributed by atoms with van der Waals surface area (Å²) in [5, 5.41) is 5.16. The van der Waals surface area contributed by atoms with Crippen LogP contribution >= 0.6 is 0 Å². The van der Waals surface area contributed by atoms with Crippen molar-refractivity contribution in [1.82, 2.24) is 24.6 Å². The lowest BCUT2D eigenvalue weighted by molar-refractivity contribution is -0.136. The van der Waals surface area contributed by atoms with Crippen molar-refractivity contribution in [3.05, 3.63) is 12.5 Å². The molecule has 0 aliphatic carbocycles. The van der Waals surface area contributed by atoms with Crippen LogP contribution in [0.1, 0.15) is 12.8 Å². The summed E-state index contributed by atoms with van der Waals surface area (Å²) in [6.07, 6.45) is 5.18. The fourth-order valence-electron chi connectivity index (χ4n) is 3.45. The third kappa shape index (κ3) is 2.42. The summed E-state index contributed by atoms with van der Waals surface area (Å²) in [5.74, 6) is 0.994. The van der Waals surface area contributed by atoms with Gasteiger partial charge in [0, 0.05) is 26.7 Å². The first-order valence-electron chi connectivity index (χ1n) is 8.01. The van der Waals surface area contributed by atoms with Gasteiger partial charge in [-0.2, -0.15) is 5.10 Å². The Morgan fingerprint density at radius 1 is 1.26 bits per heavy atom. The van der Waals surface area contributed by atoms with E-state index in [1.165, 1.54) is 0 Å². The van der Waals surface area contributed by atoms with Crippen LogP contribution < -0.4 is 4.90 Å². The van der Waals surface area contributed by atoms with Crippen molar-refractivity contribution >= 4 is 22.8 Å². The molecule has 8 nitrogen and oxygen atoms in total. The first-order chi connectivity index (χ1) is 11.3. The summed E-state index contributed by atoms with van der Waals surface area (Å²) in [5.41, 5.74) is 0.791. The lowest BCUT2D eigenvalue weighted by Gasteiger charge is -2.33. The average Bonchev–Trinajstić information content (AvgIpc) is 3.22.